The van der Waals surface area contributed by atoms with Gasteiger partial charge in [-0.25, -0.2) is 0 Å². The van der Waals surface area contributed by atoms with Gasteiger partial charge in [0.05, 0.1) is 6.54 Å². The molecule has 2 unspecified atom stereocenters. The lowest BCUT2D eigenvalue weighted by Crippen LogP contribution is -2.20. The predicted octanol–water partition coefficient (Wildman–Crippen LogP) is 4.29. The molecule has 6 heteroatoms. The van der Waals surface area contributed by atoms with E-state index in [1.54, 1.807) is 6.07 Å². The third kappa shape index (κ3) is 4.01. The zero-order valence-corrected chi connectivity index (χ0v) is 17.8. The first kappa shape index (κ1) is 20.4. The third-order valence-electron chi connectivity index (χ3n) is 6.31. The number of hydrogen-bond donors (Lipinski definition) is 2. The second kappa shape index (κ2) is 8.93. The highest BCUT2D eigenvalue weighted by Gasteiger charge is 2.32. The van der Waals surface area contributed by atoms with Gasteiger partial charge >= 0.3 is 0 Å². The molecule has 1 heterocycles. The molecule has 0 fully saturated rings. The van der Waals surface area contributed by atoms with E-state index in [0.717, 1.165) is 18.4 Å². The van der Waals surface area contributed by atoms with Crippen LogP contribution in [-0.4, -0.2) is 37.0 Å². The van der Waals surface area contributed by atoms with Gasteiger partial charge in [0.2, 0.25) is 5.82 Å². The number of tetrazole rings is 1. The SMILES string of the molecule is OCCCn1nnc(-c2ccc(C3c4ccc(O)cc4CCC3c3ccccc3)cc2)n1. The second-order valence-electron chi connectivity index (χ2n) is 8.32. The van der Waals surface area contributed by atoms with E-state index in [9.17, 15) is 5.11 Å². The van der Waals surface area contributed by atoms with Crippen LogP contribution in [0.3, 0.4) is 0 Å². The molecule has 0 saturated carbocycles. The summed E-state index contributed by atoms with van der Waals surface area (Å²) in [5, 5.41) is 31.7. The number of fused-ring (bicyclic) bond motifs is 1. The molecule has 3 aromatic carbocycles. The van der Waals surface area contributed by atoms with Gasteiger partial charge in [-0.3, -0.25) is 0 Å². The van der Waals surface area contributed by atoms with E-state index in [4.69, 9.17) is 5.11 Å². The lowest BCUT2D eigenvalue weighted by Gasteiger charge is -2.34. The average Bonchev–Trinajstić information content (AvgIpc) is 3.31. The molecule has 0 aliphatic heterocycles. The lowest BCUT2D eigenvalue weighted by atomic mass is 9.69. The number of rotatable bonds is 6. The molecule has 0 amide bonds. The van der Waals surface area contributed by atoms with Crippen LogP contribution >= 0.6 is 0 Å². The van der Waals surface area contributed by atoms with Crippen molar-refractivity contribution in [3.8, 4) is 17.1 Å². The molecule has 1 aromatic heterocycles. The third-order valence-corrected chi connectivity index (χ3v) is 6.31. The molecular weight excluding hydrogens is 400 g/mol. The number of aromatic hydroxyl groups is 1. The Morgan fingerprint density at radius 3 is 2.53 bits per heavy atom. The van der Waals surface area contributed by atoms with Crippen LogP contribution in [0, 0.1) is 0 Å². The van der Waals surface area contributed by atoms with Crippen LogP contribution in [0.1, 0.15) is 46.9 Å². The molecular formula is C26H26N4O2. The van der Waals surface area contributed by atoms with Gasteiger partial charge < -0.3 is 10.2 Å². The number of phenols is 1. The molecule has 4 aromatic rings. The smallest absolute Gasteiger partial charge is 0.204 e. The Labute approximate surface area is 187 Å². The molecule has 32 heavy (non-hydrogen) atoms. The minimum atomic E-state index is 0.106. The predicted molar refractivity (Wildman–Crippen MR) is 122 cm³/mol. The van der Waals surface area contributed by atoms with E-state index in [0.29, 0.717) is 30.5 Å². The van der Waals surface area contributed by atoms with Crippen molar-refractivity contribution in [2.24, 2.45) is 0 Å². The van der Waals surface area contributed by atoms with Gasteiger partial charge in [-0.15, -0.1) is 10.2 Å². The summed E-state index contributed by atoms with van der Waals surface area (Å²) in [6.07, 6.45) is 2.60. The van der Waals surface area contributed by atoms with Crippen LogP contribution in [0.15, 0.2) is 72.8 Å². The molecule has 0 bridgehead atoms. The number of benzene rings is 3. The molecule has 5 rings (SSSR count). The standard InChI is InChI=1S/C26H26N4O2/c31-16-4-15-30-28-26(27-29-30)20-9-7-19(8-10-20)25-23(18-5-2-1-3-6-18)13-11-21-17-22(32)12-14-24(21)25/h1-3,5-10,12,14,17,23,25,31-32H,4,11,13,15-16H2. The molecule has 1 aliphatic carbocycles. The monoisotopic (exact) mass is 426 g/mol. The number of nitrogens with zero attached hydrogens (tertiary/aromatic N) is 4. The quantitative estimate of drug-likeness (QED) is 0.481. The fourth-order valence-corrected chi connectivity index (χ4v) is 4.78. The van der Waals surface area contributed by atoms with Crippen molar-refractivity contribution >= 4 is 0 Å². The van der Waals surface area contributed by atoms with Crippen molar-refractivity contribution < 1.29 is 10.2 Å². The summed E-state index contributed by atoms with van der Waals surface area (Å²) in [5.74, 6) is 1.50. The van der Waals surface area contributed by atoms with Gasteiger partial charge in [0.25, 0.3) is 0 Å². The minimum Gasteiger partial charge on any atom is -0.508 e. The summed E-state index contributed by atoms with van der Waals surface area (Å²) in [6, 6.07) is 24.9. The van der Waals surface area contributed by atoms with Crippen LogP contribution in [0.4, 0.5) is 0 Å². The topological polar surface area (TPSA) is 84.1 Å². The van der Waals surface area contributed by atoms with Crippen molar-refractivity contribution in [2.75, 3.05) is 6.61 Å². The number of aromatic nitrogens is 4. The summed E-state index contributed by atoms with van der Waals surface area (Å²) < 4.78 is 0. The Kier molecular flexibility index (Phi) is 5.69. The highest BCUT2D eigenvalue weighted by molar-refractivity contribution is 5.56. The Hall–Kier alpha value is -3.51. The Morgan fingerprint density at radius 1 is 0.938 bits per heavy atom. The van der Waals surface area contributed by atoms with Gasteiger partial charge in [0, 0.05) is 18.1 Å². The highest BCUT2D eigenvalue weighted by Crippen LogP contribution is 2.47. The van der Waals surface area contributed by atoms with Gasteiger partial charge in [-0.2, -0.15) is 4.80 Å². The second-order valence-corrected chi connectivity index (χ2v) is 8.32. The van der Waals surface area contributed by atoms with E-state index in [-0.39, 0.29) is 12.5 Å². The van der Waals surface area contributed by atoms with Crippen LogP contribution in [-0.2, 0) is 13.0 Å². The van der Waals surface area contributed by atoms with Gasteiger partial charge in [-0.05, 0) is 64.8 Å². The first-order valence-electron chi connectivity index (χ1n) is 11.1. The summed E-state index contributed by atoms with van der Waals surface area (Å²) in [6.45, 7) is 0.654. The Balaban J connectivity index is 1.50. The average molecular weight is 427 g/mol. The van der Waals surface area contributed by atoms with Gasteiger partial charge in [-0.1, -0.05) is 60.7 Å². The van der Waals surface area contributed by atoms with E-state index < -0.39 is 0 Å². The molecule has 2 N–H and O–H groups in total. The highest BCUT2D eigenvalue weighted by atomic mass is 16.3. The fourth-order valence-electron chi connectivity index (χ4n) is 4.78. The van der Waals surface area contributed by atoms with Crippen molar-refractivity contribution in [1.29, 1.82) is 0 Å². The molecule has 6 nitrogen and oxygen atoms in total. The van der Waals surface area contributed by atoms with Crippen LogP contribution in [0.5, 0.6) is 5.75 Å². The molecule has 0 spiro atoms. The van der Waals surface area contributed by atoms with Crippen LogP contribution < -0.4 is 0 Å². The number of hydrogen-bond acceptors (Lipinski definition) is 5. The normalized spacial score (nSPS) is 17.8. The molecule has 0 radical (unpaired) electrons. The van der Waals surface area contributed by atoms with E-state index in [1.165, 1.54) is 27.1 Å². The van der Waals surface area contributed by atoms with Crippen molar-refractivity contribution in [3.05, 3.63) is 95.1 Å². The summed E-state index contributed by atoms with van der Waals surface area (Å²) in [7, 11) is 0. The number of phenolic OH excluding ortho intramolecular Hbond substituents is 1. The van der Waals surface area contributed by atoms with Crippen LogP contribution in [0.25, 0.3) is 11.4 Å². The number of aryl methyl sites for hydroxylation is 2. The Morgan fingerprint density at radius 2 is 1.75 bits per heavy atom. The van der Waals surface area contributed by atoms with Crippen molar-refractivity contribution in [3.63, 3.8) is 0 Å². The molecule has 1 aliphatic rings. The van der Waals surface area contributed by atoms with E-state index in [1.807, 2.05) is 6.07 Å². The number of aliphatic hydroxyl groups is 1. The van der Waals surface area contributed by atoms with Crippen molar-refractivity contribution in [2.45, 2.75) is 37.6 Å². The largest absolute Gasteiger partial charge is 0.508 e. The maximum absolute atomic E-state index is 10.0. The number of aliphatic hydroxyl groups excluding tert-OH is 1. The van der Waals surface area contributed by atoms with Gasteiger partial charge in [0.1, 0.15) is 5.75 Å². The first-order chi connectivity index (χ1) is 15.7. The van der Waals surface area contributed by atoms with Crippen molar-refractivity contribution in [1.82, 2.24) is 20.2 Å². The molecule has 2 atom stereocenters. The van der Waals surface area contributed by atoms with E-state index in [2.05, 4.69) is 76.1 Å². The van der Waals surface area contributed by atoms with E-state index >= 15 is 0 Å². The van der Waals surface area contributed by atoms with Crippen LogP contribution in [0.2, 0.25) is 0 Å². The summed E-state index contributed by atoms with van der Waals surface area (Å²) in [4.78, 5) is 1.52. The maximum atomic E-state index is 10.0. The van der Waals surface area contributed by atoms with Gasteiger partial charge in [0.15, 0.2) is 0 Å². The zero-order valence-electron chi connectivity index (χ0n) is 17.8. The molecule has 0 saturated heterocycles. The summed E-state index contributed by atoms with van der Waals surface area (Å²) in [5.41, 5.74) is 6.00. The minimum absolute atomic E-state index is 0.106. The molecule has 162 valence electrons. The first-order valence-corrected chi connectivity index (χ1v) is 11.1. The zero-order chi connectivity index (χ0) is 21.9. The fraction of sp³-hybridized carbons (Fsp3) is 0.269. The lowest BCUT2D eigenvalue weighted by molar-refractivity contribution is 0.272. The maximum Gasteiger partial charge on any atom is 0.204 e. The summed E-state index contributed by atoms with van der Waals surface area (Å²) >= 11 is 0. The Bertz CT molecular complexity index is 1190.